The van der Waals surface area contributed by atoms with Crippen LogP contribution in [-0.4, -0.2) is 4.98 Å². The minimum atomic E-state index is 0.959. The zero-order chi connectivity index (χ0) is 7.52. The van der Waals surface area contributed by atoms with Crippen LogP contribution in [0.4, 0.5) is 0 Å². The first-order valence-corrected chi connectivity index (χ1v) is 3.31. The molecule has 1 aromatic rings. The maximum Gasteiger partial charge on any atom is 0.119 e. The number of aromatic nitrogens is 1. The molecule has 11 heavy (non-hydrogen) atoms. The maximum absolute atomic E-state index is 4.72. The van der Waals surface area contributed by atoms with Gasteiger partial charge in [0.15, 0.2) is 0 Å². The lowest BCUT2D eigenvalue weighted by Gasteiger charge is -2.05. The first-order valence-electron chi connectivity index (χ1n) is 3.31. The molecule has 0 saturated heterocycles. The van der Waals surface area contributed by atoms with Crippen LogP contribution in [0.3, 0.4) is 0 Å². The van der Waals surface area contributed by atoms with Gasteiger partial charge in [-0.3, -0.25) is 0 Å². The van der Waals surface area contributed by atoms with Crippen LogP contribution in [0.1, 0.15) is 5.69 Å². The van der Waals surface area contributed by atoms with Crippen molar-refractivity contribution in [2.45, 2.75) is 0 Å². The van der Waals surface area contributed by atoms with Gasteiger partial charge in [0.25, 0.3) is 0 Å². The number of hydrogen-bond acceptors (Lipinski definition) is 2. The molecule has 0 fully saturated rings. The molecule has 2 rings (SSSR count). The Morgan fingerprint density at radius 2 is 2.45 bits per heavy atom. The fourth-order valence-corrected chi connectivity index (χ4v) is 0.917. The summed E-state index contributed by atoms with van der Waals surface area (Å²) in [6, 6.07) is 3.91. The van der Waals surface area contributed by atoms with Crippen LogP contribution in [0.2, 0.25) is 0 Å². The summed E-state index contributed by atoms with van der Waals surface area (Å²) >= 11 is 0. The summed E-state index contributed by atoms with van der Waals surface area (Å²) in [4.78, 5) is 7.78. The van der Waals surface area contributed by atoms with Crippen molar-refractivity contribution in [3.63, 3.8) is 0 Å². The number of hydroxylamine groups is 1. The Labute approximate surface area is 64.3 Å². The van der Waals surface area contributed by atoms with Gasteiger partial charge in [-0.1, -0.05) is 0 Å². The highest BCUT2D eigenvalue weighted by Gasteiger charge is 2.00. The van der Waals surface area contributed by atoms with Gasteiger partial charge in [-0.15, -0.1) is 0 Å². The first kappa shape index (κ1) is 6.09. The Balaban J connectivity index is 2.29. The van der Waals surface area contributed by atoms with Crippen molar-refractivity contribution in [2.24, 2.45) is 0 Å². The Bertz CT molecular complexity index is 285. The molecule has 2 heterocycles. The fraction of sp³-hybridized carbons (Fsp3) is 0. The average molecular weight is 147 g/mol. The number of allylic oxidation sites excluding steroid dienone is 2. The van der Waals surface area contributed by atoms with Gasteiger partial charge >= 0.3 is 0 Å². The molecule has 0 atom stereocenters. The van der Waals surface area contributed by atoms with Crippen molar-refractivity contribution in [3.05, 3.63) is 42.6 Å². The Hall–Kier alpha value is -1.64. The lowest BCUT2D eigenvalue weighted by Crippen LogP contribution is -2.06. The van der Waals surface area contributed by atoms with Crippen LogP contribution in [-0.2, 0) is 4.84 Å². The number of nitrogens with one attached hydrogen (secondary N) is 2. The quantitative estimate of drug-likeness (QED) is 0.626. The summed E-state index contributed by atoms with van der Waals surface area (Å²) in [5, 5.41) is 0. The third-order valence-corrected chi connectivity index (χ3v) is 1.44. The van der Waals surface area contributed by atoms with E-state index in [0.29, 0.717) is 0 Å². The molecule has 55 valence electrons. The molecule has 3 nitrogen and oxygen atoms in total. The summed E-state index contributed by atoms with van der Waals surface area (Å²) in [5.74, 6) is 0. The van der Waals surface area contributed by atoms with Gasteiger partial charge < -0.3 is 9.82 Å². The molecule has 2 N–H and O–H groups in total. The molecule has 0 amide bonds. The van der Waals surface area contributed by atoms with Crippen LogP contribution in [0.25, 0.3) is 5.57 Å². The van der Waals surface area contributed by atoms with Crippen LogP contribution in [0.5, 0.6) is 0 Å². The third kappa shape index (κ3) is 1.12. The Morgan fingerprint density at radius 1 is 1.45 bits per heavy atom. The zero-order valence-electron chi connectivity index (χ0n) is 5.79. The largest absolute Gasteiger partial charge is 0.390 e. The van der Waals surface area contributed by atoms with Crippen LogP contribution in [0.15, 0.2) is 30.7 Å². The number of H-pyrrole nitrogens is 1. The van der Waals surface area contributed by atoms with Crippen molar-refractivity contribution < 1.29 is 4.84 Å². The van der Waals surface area contributed by atoms with Gasteiger partial charge in [-0.2, -0.15) is 0 Å². The number of rotatable bonds is 1. The molecular weight excluding hydrogens is 140 g/mol. The summed E-state index contributed by atoms with van der Waals surface area (Å²) in [6.07, 6.45) is 8.13. The van der Waals surface area contributed by atoms with Crippen molar-refractivity contribution in [3.8, 4) is 0 Å². The molecule has 1 aromatic heterocycles. The second kappa shape index (κ2) is 2.54. The van der Waals surface area contributed by atoms with E-state index in [0.717, 1.165) is 11.3 Å². The van der Waals surface area contributed by atoms with Crippen molar-refractivity contribution in [2.75, 3.05) is 0 Å². The highest BCUT2D eigenvalue weighted by atomic mass is 16.6. The van der Waals surface area contributed by atoms with E-state index in [1.54, 1.807) is 6.26 Å². The summed E-state index contributed by atoms with van der Waals surface area (Å²) < 4.78 is 0. The average Bonchev–Trinajstić information content (AvgIpc) is 2.58. The number of aromatic amines is 1. The van der Waals surface area contributed by atoms with E-state index in [2.05, 4.69) is 16.7 Å². The summed E-state index contributed by atoms with van der Waals surface area (Å²) in [6.45, 7) is 0. The topological polar surface area (TPSA) is 37.0 Å². The molecule has 0 bridgehead atoms. The zero-order valence-corrected chi connectivity index (χ0v) is 5.79. The van der Waals surface area contributed by atoms with E-state index in [9.17, 15) is 0 Å². The van der Waals surface area contributed by atoms with E-state index >= 15 is 0 Å². The summed E-state index contributed by atoms with van der Waals surface area (Å²) in [7, 11) is 0. The highest BCUT2D eigenvalue weighted by molar-refractivity contribution is 5.69. The van der Waals surface area contributed by atoms with E-state index in [1.807, 2.05) is 24.4 Å². The molecule has 1 aliphatic rings. The lowest BCUT2D eigenvalue weighted by molar-refractivity contribution is 0.166. The number of hydrogen-bond donors (Lipinski definition) is 2. The van der Waals surface area contributed by atoms with Gasteiger partial charge in [0, 0.05) is 17.5 Å². The van der Waals surface area contributed by atoms with Gasteiger partial charge in [0.05, 0.1) is 0 Å². The molecule has 1 aliphatic heterocycles. The molecule has 0 aliphatic carbocycles. The van der Waals surface area contributed by atoms with Gasteiger partial charge in [0.1, 0.15) is 12.5 Å². The minimum absolute atomic E-state index is 0.959. The van der Waals surface area contributed by atoms with Crippen molar-refractivity contribution in [1.82, 2.24) is 10.5 Å². The summed E-state index contributed by atoms with van der Waals surface area (Å²) in [5.41, 5.74) is 4.51. The first-order chi connectivity index (χ1) is 5.47. The van der Waals surface area contributed by atoms with Crippen LogP contribution < -0.4 is 5.48 Å². The smallest absolute Gasteiger partial charge is 0.119 e. The predicted octanol–water partition coefficient (Wildman–Crippen LogP) is 1.21. The van der Waals surface area contributed by atoms with E-state index in [-0.39, 0.29) is 0 Å². The normalized spacial score (nSPS) is 15.1. The molecule has 3 heteroatoms. The van der Waals surface area contributed by atoms with Gasteiger partial charge in [0.2, 0.25) is 0 Å². The predicted molar refractivity (Wildman–Crippen MR) is 40.8 cm³/mol. The fourth-order valence-electron chi connectivity index (χ4n) is 0.917. The molecule has 0 unspecified atom stereocenters. The standard InChI is InChI=1S/C8H7N2O/c1-2-8(9-4-1)7-3-5-11-10-6-7/h1-5,9-10H. The van der Waals surface area contributed by atoms with Crippen molar-refractivity contribution in [1.29, 1.82) is 0 Å². The Morgan fingerprint density at radius 3 is 3.09 bits per heavy atom. The second-order valence-corrected chi connectivity index (χ2v) is 2.15. The van der Waals surface area contributed by atoms with Gasteiger partial charge in [-0.25, -0.2) is 5.48 Å². The van der Waals surface area contributed by atoms with E-state index in [4.69, 9.17) is 4.84 Å². The maximum atomic E-state index is 4.72. The SMILES string of the molecule is [C]1=C(c2ccc[nH]2)C=CON1. The molecule has 0 aromatic carbocycles. The minimum Gasteiger partial charge on any atom is -0.390 e. The second-order valence-electron chi connectivity index (χ2n) is 2.15. The van der Waals surface area contributed by atoms with Crippen LogP contribution >= 0.6 is 0 Å². The molecule has 0 saturated carbocycles. The van der Waals surface area contributed by atoms with Gasteiger partial charge in [-0.05, 0) is 18.2 Å². The monoisotopic (exact) mass is 147 g/mol. The lowest BCUT2D eigenvalue weighted by atomic mass is 10.2. The molecular formula is C8H7N2O. The highest BCUT2D eigenvalue weighted by Crippen LogP contribution is 2.13. The van der Waals surface area contributed by atoms with E-state index < -0.39 is 0 Å². The molecule has 0 spiro atoms. The molecule has 1 radical (unpaired) electrons. The van der Waals surface area contributed by atoms with Crippen LogP contribution in [0, 0.1) is 6.20 Å². The third-order valence-electron chi connectivity index (χ3n) is 1.44. The van der Waals surface area contributed by atoms with Crippen molar-refractivity contribution >= 4 is 5.57 Å². The van der Waals surface area contributed by atoms with E-state index in [1.165, 1.54) is 0 Å². The Kier molecular flexibility index (Phi) is 1.41.